The molecule has 0 saturated heterocycles. The minimum atomic E-state index is -0.349. The molecule has 1 atom stereocenters. The molecular weight excluding hydrogens is 201 g/mol. The Labute approximate surface area is 88.1 Å². The van der Waals surface area contributed by atoms with Crippen LogP contribution in [-0.4, -0.2) is 0 Å². The first kappa shape index (κ1) is 11.0. The van der Waals surface area contributed by atoms with E-state index in [0.717, 1.165) is 5.56 Å². The van der Waals surface area contributed by atoms with Crippen LogP contribution >= 0.6 is 11.6 Å². The second kappa shape index (κ2) is 3.98. The van der Waals surface area contributed by atoms with Crippen LogP contribution in [0.25, 0.3) is 0 Å². The van der Waals surface area contributed by atoms with Gasteiger partial charge in [0.15, 0.2) is 0 Å². The maximum absolute atomic E-state index is 13.3. The number of halogens is 2. The summed E-state index contributed by atoms with van der Waals surface area (Å²) < 4.78 is 13.3. The summed E-state index contributed by atoms with van der Waals surface area (Å²) in [5.74, 6) is -0.680. The lowest BCUT2D eigenvalue weighted by Crippen LogP contribution is -2.01. The van der Waals surface area contributed by atoms with Gasteiger partial charge in [-0.15, -0.1) is 0 Å². The average molecular weight is 212 g/mol. The topological polar surface area (TPSA) is 23.8 Å². The Morgan fingerprint density at radius 2 is 2.00 bits per heavy atom. The summed E-state index contributed by atoms with van der Waals surface area (Å²) in [5, 5.41) is 9.18. The molecule has 0 radical (unpaired) electrons. The second-order valence-electron chi connectivity index (χ2n) is 3.35. The first-order valence-electron chi connectivity index (χ1n) is 4.33. The third-order valence-electron chi connectivity index (χ3n) is 2.40. The Morgan fingerprint density at radius 1 is 1.43 bits per heavy atom. The second-order valence-corrected chi connectivity index (χ2v) is 3.76. The number of nitrogens with zero attached hydrogens (tertiary/aromatic N) is 1. The molecule has 1 aromatic carbocycles. The molecule has 0 bridgehead atoms. The molecule has 0 saturated carbocycles. The minimum absolute atomic E-state index is 0.330. The van der Waals surface area contributed by atoms with Crippen molar-refractivity contribution in [1.29, 1.82) is 5.26 Å². The number of benzene rings is 1. The van der Waals surface area contributed by atoms with Gasteiger partial charge in [-0.2, -0.15) is 5.26 Å². The highest BCUT2D eigenvalue weighted by molar-refractivity contribution is 6.31. The molecule has 1 rings (SSSR count). The van der Waals surface area contributed by atoms with Crippen molar-refractivity contribution < 1.29 is 4.39 Å². The Balaban J connectivity index is 3.49. The molecule has 0 N–H and O–H groups in total. The largest absolute Gasteiger partial charge is 0.207 e. The monoisotopic (exact) mass is 211 g/mol. The van der Waals surface area contributed by atoms with E-state index in [9.17, 15) is 4.39 Å². The van der Waals surface area contributed by atoms with Gasteiger partial charge in [0.1, 0.15) is 5.82 Å². The Hall–Kier alpha value is -1.07. The Kier molecular flexibility index (Phi) is 3.13. The molecule has 0 amide bonds. The molecule has 0 aromatic heterocycles. The molecule has 1 unspecified atom stereocenters. The van der Waals surface area contributed by atoms with E-state index in [0.29, 0.717) is 16.1 Å². The first-order valence-corrected chi connectivity index (χ1v) is 4.71. The molecule has 1 nitrogen and oxygen atoms in total. The van der Waals surface area contributed by atoms with Gasteiger partial charge in [-0.3, -0.25) is 0 Å². The van der Waals surface area contributed by atoms with Crippen LogP contribution in [-0.2, 0) is 0 Å². The Morgan fingerprint density at radius 3 is 2.50 bits per heavy atom. The summed E-state index contributed by atoms with van der Waals surface area (Å²) in [5.41, 5.74) is 2.01. The average Bonchev–Trinajstić information content (AvgIpc) is 2.15. The maximum Gasteiger partial charge on any atom is 0.127 e. The molecule has 0 aliphatic rings. The van der Waals surface area contributed by atoms with E-state index in [4.69, 9.17) is 16.9 Å². The highest BCUT2D eigenvalue weighted by Crippen LogP contribution is 2.30. The predicted octanol–water partition coefficient (Wildman–Crippen LogP) is 3.72. The lowest BCUT2D eigenvalue weighted by Gasteiger charge is -2.13. The number of hydrogen-bond donors (Lipinski definition) is 0. The van der Waals surface area contributed by atoms with Gasteiger partial charge < -0.3 is 0 Å². The smallest absolute Gasteiger partial charge is 0.127 e. The van der Waals surface area contributed by atoms with Crippen molar-refractivity contribution >= 4 is 11.6 Å². The Bertz CT molecular complexity index is 380. The van der Waals surface area contributed by atoms with Gasteiger partial charge in [0, 0.05) is 5.02 Å². The van der Waals surface area contributed by atoms with Gasteiger partial charge in [-0.05, 0) is 43.5 Å². The SMILES string of the molecule is Cc1c(F)cc(Cl)c(C)c1C(C)C#N. The zero-order valence-corrected chi connectivity index (χ0v) is 9.11. The highest BCUT2D eigenvalue weighted by Gasteiger charge is 2.16. The van der Waals surface area contributed by atoms with Crippen LogP contribution < -0.4 is 0 Å². The van der Waals surface area contributed by atoms with Crippen molar-refractivity contribution in [3.05, 3.63) is 33.6 Å². The van der Waals surface area contributed by atoms with E-state index in [1.165, 1.54) is 6.07 Å². The normalized spacial score (nSPS) is 12.3. The van der Waals surface area contributed by atoms with E-state index >= 15 is 0 Å². The van der Waals surface area contributed by atoms with Crippen LogP contribution in [0.3, 0.4) is 0 Å². The van der Waals surface area contributed by atoms with E-state index in [1.54, 1.807) is 20.8 Å². The van der Waals surface area contributed by atoms with Crippen molar-refractivity contribution in [3.63, 3.8) is 0 Å². The van der Waals surface area contributed by atoms with Gasteiger partial charge in [0.2, 0.25) is 0 Å². The van der Waals surface area contributed by atoms with Crippen LogP contribution in [0.15, 0.2) is 6.07 Å². The summed E-state index contributed by atoms with van der Waals surface area (Å²) in [6, 6.07) is 3.38. The van der Waals surface area contributed by atoms with E-state index < -0.39 is 0 Å². The first-order chi connectivity index (χ1) is 6.49. The molecule has 0 heterocycles. The molecule has 0 fully saturated rings. The van der Waals surface area contributed by atoms with Crippen LogP contribution in [0.4, 0.5) is 4.39 Å². The van der Waals surface area contributed by atoms with E-state index in [-0.39, 0.29) is 11.7 Å². The van der Waals surface area contributed by atoms with Crippen LogP contribution in [0.5, 0.6) is 0 Å². The number of nitriles is 1. The molecule has 0 aliphatic carbocycles. The molecule has 1 aromatic rings. The molecular formula is C11H11ClFN. The van der Waals surface area contributed by atoms with Gasteiger partial charge in [-0.1, -0.05) is 11.6 Å². The maximum atomic E-state index is 13.3. The summed E-state index contributed by atoms with van der Waals surface area (Å²) in [7, 11) is 0. The van der Waals surface area contributed by atoms with E-state index in [1.807, 2.05) is 0 Å². The van der Waals surface area contributed by atoms with Crippen molar-refractivity contribution in [2.45, 2.75) is 26.7 Å². The summed E-state index contributed by atoms with van der Waals surface area (Å²) in [6.45, 7) is 5.21. The third kappa shape index (κ3) is 1.73. The van der Waals surface area contributed by atoms with Crippen molar-refractivity contribution in [2.75, 3.05) is 0 Å². The minimum Gasteiger partial charge on any atom is -0.207 e. The highest BCUT2D eigenvalue weighted by atomic mass is 35.5. The van der Waals surface area contributed by atoms with Crippen molar-refractivity contribution in [1.82, 2.24) is 0 Å². The third-order valence-corrected chi connectivity index (χ3v) is 2.80. The van der Waals surface area contributed by atoms with Gasteiger partial charge in [-0.25, -0.2) is 4.39 Å². The van der Waals surface area contributed by atoms with Crippen molar-refractivity contribution in [2.24, 2.45) is 0 Å². The van der Waals surface area contributed by atoms with E-state index in [2.05, 4.69) is 6.07 Å². The fourth-order valence-electron chi connectivity index (χ4n) is 1.58. The lowest BCUT2D eigenvalue weighted by molar-refractivity contribution is 0.613. The quantitative estimate of drug-likeness (QED) is 0.695. The zero-order chi connectivity index (χ0) is 10.9. The van der Waals surface area contributed by atoms with Crippen molar-refractivity contribution in [3.8, 4) is 6.07 Å². The summed E-state index contributed by atoms with van der Waals surface area (Å²) in [6.07, 6.45) is 0. The molecule has 14 heavy (non-hydrogen) atoms. The predicted molar refractivity (Wildman–Crippen MR) is 54.9 cm³/mol. The lowest BCUT2D eigenvalue weighted by atomic mass is 9.92. The molecule has 0 aliphatic heterocycles. The molecule has 3 heteroatoms. The van der Waals surface area contributed by atoms with Gasteiger partial charge in [0.25, 0.3) is 0 Å². The molecule has 74 valence electrons. The van der Waals surface area contributed by atoms with Crippen LogP contribution in [0.2, 0.25) is 5.02 Å². The summed E-state index contributed by atoms with van der Waals surface area (Å²) >= 11 is 5.84. The van der Waals surface area contributed by atoms with Gasteiger partial charge in [0.05, 0.1) is 12.0 Å². The molecule has 0 spiro atoms. The summed E-state index contributed by atoms with van der Waals surface area (Å²) in [4.78, 5) is 0. The standard InChI is InChI=1S/C11H11ClFN/c1-6(5-14)11-7(2)9(12)4-10(13)8(11)3/h4,6H,1-3H3. The zero-order valence-electron chi connectivity index (χ0n) is 8.36. The van der Waals surface area contributed by atoms with Crippen LogP contribution in [0.1, 0.15) is 29.5 Å². The fourth-order valence-corrected chi connectivity index (χ4v) is 1.78. The number of rotatable bonds is 1. The number of hydrogen-bond acceptors (Lipinski definition) is 1. The van der Waals surface area contributed by atoms with Crippen LogP contribution in [0, 0.1) is 31.0 Å². The van der Waals surface area contributed by atoms with Gasteiger partial charge >= 0.3 is 0 Å². The fraction of sp³-hybridized carbons (Fsp3) is 0.364.